The lowest BCUT2D eigenvalue weighted by Gasteiger charge is -2.10. The van der Waals surface area contributed by atoms with Gasteiger partial charge in [-0.2, -0.15) is 4.37 Å². The maximum Gasteiger partial charge on any atom is 0.344 e. The van der Waals surface area contributed by atoms with Crippen LogP contribution >= 0.6 is 11.5 Å². The molecule has 0 radical (unpaired) electrons. The van der Waals surface area contributed by atoms with E-state index in [0.29, 0.717) is 11.5 Å². The molecule has 90 valence electrons. The fourth-order valence-corrected chi connectivity index (χ4v) is 1.75. The van der Waals surface area contributed by atoms with E-state index < -0.39 is 5.97 Å². The van der Waals surface area contributed by atoms with Crippen molar-refractivity contribution >= 4 is 28.3 Å². The van der Waals surface area contributed by atoms with Gasteiger partial charge >= 0.3 is 5.97 Å². The second kappa shape index (κ2) is 5.66. The summed E-state index contributed by atoms with van der Waals surface area (Å²) in [5, 5.41) is 3.66. The number of aromatic nitrogens is 1. The van der Waals surface area contributed by atoms with Gasteiger partial charge in [0.1, 0.15) is 10.6 Å². The normalized spacial score (nSPS) is 12.2. The van der Waals surface area contributed by atoms with Crippen LogP contribution in [0.4, 0.5) is 10.8 Å². The molecule has 6 nitrogen and oxygen atoms in total. The molecular weight excluding hydrogens is 230 g/mol. The van der Waals surface area contributed by atoms with Gasteiger partial charge in [0.15, 0.2) is 5.82 Å². The van der Waals surface area contributed by atoms with Crippen LogP contribution in [0.2, 0.25) is 0 Å². The Morgan fingerprint density at radius 3 is 2.88 bits per heavy atom. The summed E-state index contributed by atoms with van der Waals surface area (Å²) in [6.07, 6.45) is 0.0359. The third kappa shape index (κ3) is 2.83. The van der Waals surface area contributed by atoms with Crippen LogP contribution in [0.25, 0.3) is 0 Å². The lowest BCUT2D eigenvalue weighted by molar-refractivity contribution is 0.0603. The number of ether oxygens (including phenoxy) is 2. The third-order valence-electron chi connectivity index (χ3n) is 2.06. The number of nitrogens with zero attached hydrogens (tertiary/aromatic N) is 1. The maximum absolute atomic E-state index is 11.4. The number of esters is 1. The number of carbonyl (C=O) groups excluding carboxylic acids is 1. The van der Waals surface area contributed by atoms with E-state index in [1.807, 2.05) is 6.92 Å². The molecule has 0 spiro atoms. The lowest BCUT2D eigenvalue weighted by Crippen LogP contribution is -2.19. The Morgan fingerprint density at radius 2 is 2.31 bits per heavy atom. The molecular formula is C9H15N3O3S. The van der Waals surface area contributed by atoms with E-state index in [0.717, 1.165) is 11.5 Å². The van der Waals surface area contributed by atoms with E-state index in [-0.39, 0.29) is 17.5 Å². The number of nitrogens with two attached hydrogens (primary N) is 1. The smallest absolute Gasteiger partial charge is 0.344 e. The number of rotatable bonds is 5. The molecule has 0 aliphatic rings. The Hall–Kier alpha value is -1.34. The van der Waals surface area contributed by atoms with E-state index in [4.69, 9.17) is 10.5 Å². The first kappa shape index (κ1) is 12.7. The number of carbonyl (C=O) groups is 1. The van der Waals surface area contributed by atoms with Gasteiger partial charge in [-0.15, -0.1) is 0 Å². The molecule has 0 saturated heterocycles. The number of hydrogen-bond donors (Lipinski definition) is 2. The van der Waals surface area contributed by atoms with Gasteiger partial charge in [-0.3, -0.25) is 0 Å². The first-order valence-electron chi connectivity index (χ1n) is 4.70. The summed E-state index contributed by atoms with van der Waals surface area (Å²) < 4.78 is 13.6. The van der Waals surface area contributed by atoms with E-state index >= 15 is 0 Å². The third-order valence-corrected chi connectivity index (χ3v) is 2.88. The summed E-state index contributed by atoms with van der Waals surface area (Å²) in [6, 6.07) is 0. The van der Waals surface area contributed by atoms with Gasteiger partial charge < -0.3 is 20.5 Å². The van der Waals surface area contributed by atoms with Gasteiger partial charge in [-0.25, -0.2) is 4.79 Å². The maximum atomic E-state index is 11.4. The molecule has 0 bridgehead atoms. The molecule has 1 heterocycles. The summed E-state index contributed by atoms with van der Waals surface area (Å²) in [5.74, 6) is -0.303. The molecule has 16 heavy (non-hydrogen) atoms. The number of anilines is 2. The predicted molar refractivity (Wildman–Crippen MR) is 62.8 cm³/mol. The van der Waals surface area contributed by atoms with Crippen LogP contribution in [-0.4, -0.2) is 37.2 Å². The second-order valence-electron chi connectivity index (χ2n) is 3.19. The predicted octanol–water partition coefficient (Wildman–Crippen LogP) is 0.959. The first-order valence-corrected chi connectivity index (χ1v) is 5.47. The molecule has 1 aromatic heterocycles. The fourth-order valence-electron chi connectivity index (χ4n) is 1.04. The van der Waals surface area contributed by atoms with Crippen molar-refractivity contribution in [2.24, 2.45) is 0 Å². The van der Waals surface area contributed by atoms with E-state index in [1.165, 1.54) is 7.11 Å². The molecule has 1 rings (SSSR count). The molecule has 0 fully saturated rings. The molecule has 1 aromatic rings. The fraction of sp³-hybridized carbons (Fsp3) is 0.556. The minimum Gasteiger partial charge on any atom is -0.465 e. The van der Waals surface area contributed by atoms with Crippen LogP contribution in [0.1, 0.15) is 17.3 Å². The van der Waals surface area contributed by atoms with Crippen molar-refractivity contribution in [1.82, 2.24) is 4.37 Å². The zero-order valence-electron chi connectivity index (χ0n) is 9.44. The van der Waals surface area contributed by atoms with Crippen molar-refractivity contribution < 1.29 is 14.3 Å². The highest BCUT2D eigenvalue weighted by Gasteiger charge is 2.19. The largest absolute Gasteiger partial charge is 0.465 e. The van der Waals surface area contributed by atoms with Gasteiger partial charge in [0.2, 0.25) is 0 Å². The lowest BCUT2D eigenvalue weighted by atomic mass is 10.3. The Morgan fingerprint density at radius 1 is 1.62 bits per heavy atom. The van der Waals surface area contributed by atoms with E-state index in [9.17, 15) is 4.79 Å². The van der Waals surface area contributed by atoms with Crippen molar-refractivity contribution in [3.05, 3.63) is 5.56 Å². The van der Waals surface area contributed by atoms with Crippen LogP contribution < -0.4 is 11.1 Å². The second-order valence-corrected chi connectivity index (χ2v) is 3.96. The molecule has 1 unspecified atom stereocenters. The molecule has 0 aromatic carbocycles. The summed E-state index contributed by atoms with van der Waals surface area (Å²) in [7, 11) is 2.93. The Labute approximate surface area is 97.9 Å². The van der Waals surface area contributed by atoms with Crippen molar-refractivity contribution in [2.45, 2.75) is 13.0 Å². The topological polar surface area (TPSA) is 86.5 Å². The average Bonchev–Trinajstić information content (AvgIpc) is 2.66. The quantitative estimate of drug-likeness (QED) is 0.751. The number of methoxy groups -OCH3 is 2. The number of hydrogen-bond acceptors (Lipinski definition) is 7. The minimum absolute atomic E-state index is 0.0359. The molecule has 1 atom stereocenters. The number of nitrogen functional groups attached to an aromatic ring is 1. The van der Waals surface area contributed by atoms with E-state index in [1.54, 1.807) is 7.11 Å². The van der Waals surface area contributed by atoms with Gasteiger partial charge in [-0.05, 0) is 18.5 Å². The van der Waals surface area contributed by atoms with Gasteiger partial charge in [0.05, 0.1) is 13.2 Å². The Kier molecular flexibility index (Phi) is 4.51. The zero-order valence-corrected chi connectivity index (χ0v) is 10.3. The van der Waals surface area contributed by atoms with Gasteiger partial charge in [0, 0.05) is 13.7 Å². The Bertz CT molecular complexity index is 367. The highest BCUT2D eigenvalue weighted by molar-refractivity contribution is 7.11. The van der Waals surface area contributed by atoms with Gasteiger partial charge in [0.25, 0.3) is 0 Å². The average molecular weight is 245 g/mol. The number of nitrogens with one attached hydrogen (secondary N) is 1. The highest BCUT2D eigenvalue weighted by Crippen LogP contribution is 2.27. The molecule has 3 N–H and O–H groups in total. The van der Waals surface area contributed by atoms with Crippen molar-refractivity contribution in [2.75, 3.05) is 31.8 Å². The van der Waals surface area contributed by atoms with Crippen molar-refractivity contribution in [1.29, 1.82) is 0 Å². The van der Waals surface area contributed by atoms with Crippen LogP contribution in [0, 0.1) is 0 Å². The molecule has 0 aliphatic carbocycles. The summed E-state index contributed by atoms with van der Waals surface area (Å²) >= 11 is 1.13. The van der Waals surface area contributed by atoms with E-state index in [2.05, 4.69) is 14.4 Å². The molecule has 0 saturated carbocycles. The van der Waals surface area contributed by atoms with Gasteiger partial charge in [-0.1, -0.05) is 0 Å². The van der Waals surface area contributed by atoms with Crippen LogP contribution in [0.5, 0.6) is 0 Å². The molecule has 7 heteroatoms. The van der Waals surface area contributed by atoms with Crippen LogP contribution in [0.15, 0.2) is 0 Å². The minimum atomic E-state index is -0.487. The van der Waals surface area contributed by atoms with Crippen molar-refractivity contribution in [3.8, 4) is 0 Å². The van der Waals surface area contributed by atoms with Crippen LogP contribution in [0.3, 0.4) is 0 Å². The molecule has 0 amide bonds. The highest BCUT2D eigenvalue weighted by atomic mass is 32.1. The summed E-state index contributed by atoms with van der Waals surface area (Å²) in [5.41, 5.74) is 5.87. The Balaban J connectivity index is 2.76. The molecule has 0 aliphatic heterocycles. The monoisotopic (exact) mass is 245 g/mol. The standard InChI is InChI=1S/C9H15N3O3S/c1-5(14-2)4-11-8-6(9(13)15-3)7(10)12-16-8/h5,11H,4H2,1-3H3,(H2,10,12). The van der Waals surface area contributed by atoms with Crippen LogP contribution in [-0.2, 0) is 9.47 Å². The first-order chi connectivity index (χ1) is 7.60. The zero-order chi connectivity index (χ0) is 12.1. The summed E-state index contributed by atoms with van der Waals surface area (Å²) in [4.78, 5) is 11.4. The van der Waals surface area contributed by atoms with Crippen molar-refractivity contribution in [3.63, 3.8) is 0 Å². The summed E-state index contributed by atoms with van der Waals surface area (Å²) in [6.45, 7) is 2.48. The SMILES string of the molecule is COC(=O)c1c(N)nsc1NCC(C)OC.